The molecule has 1 heterocycles. The molecule has 1 saturated heterocycles. The molecule has 0 saturated carbocycles. The second-order valence-electron chi connectivity index (χ2n) is 7.63. The fourth-order valence-electron chi connectivity index (χ4n) is 3.25. The number of morpholine rings is 1. The molecule has 8 heteroatoms. The molecular formula is C21H26N2O5S. The van der Waals surface area contributed by atoms with E-state index in [4.69, 9.17) is 9.47 Å². The molecule has 3 rings (SSSR count). The standard InChI is InChI=1S/C21H26N2O5S/c1-15-5-10-18(29(25,26)22-16-6-8-17(27-4)9-7-16)13-19(15)20(24)23-11-12-28-14-21(23,2)3/h5-10,13,22H,11-12,14H2,1-4H3. The van der Waals surface area contributed by atoms with Gasteiger partial charge in [0.1, 0.15) is 5.75 Å². The first-order valence-electron chi connectivity index (χ1n) is 9.31. The summed E-state index contributed by atoms with van der Waals surface area (Å²) >= 11 is 0. The van der Waals surface area contributed by atoms with Gasteiger partial charge >= 0.3 is 0 Å². The van der Waals surface area contributed by atoms with E-state index in [0.29, 0.717) is 36.8 Å². The van der Waals surface area contributed by atoms with Crippen LogP contribution in [0.2, 0.25) is 0 Å². The normalized spacial score (nSPS) is 16.3. The van der Waals surface area contributed by atoms with Crippen LogP contribution >= 0.6 is 0 Å². The molecule has 0 spiro atoms. The van der Waals surface area contributed by atoms with Crippen LogP contribution in [-0.2, 0) is 14.8 Å². The van der Waals surface area contributed by atoms with Gasteiger partial charge in [0.15, 0.2) is 0 Å². The van der Waals surface area contributed by atoms with Gasteiger partial charge in [-0.05, 0) is 62.7 Å². The molecule has 29 heavy (non-hydrogen) atoms. The number of methoxy groups -OCH3 is 1. The van der Waals surface area contributed by atoms with Crippen molar-refractivity contribution in [3.05, 3.63) is 53.6 Å². The number of rotatable bonds is 5. The van der Waals surface area contributed by atoms with Crippen LogP contribution < -0.4 is 9.46 Å². The van der Waals surface area contributed by atoms with Gasteiger partial charge in [0.2, 0.25) is 0 Å². The number of sulfonamides is 1. The number of amides is 1. The Kier molecular flexibility index (Phi) is 5.86. The molecule has 1 amide bonds. The zero-order valence-corrected chi connectivity index (χ0v) is 17.9. The van der Waals surface area contributed by atoms with Crippen LogP contribution in [0.4, 0.5) is 5.69 Å². The van der Waals surface area contributed by atoms with Crippen molar-refractivity contribution >= 4 is 21.6 Å². The monoisotopic (exact) mass is 418 g/mol. The second-order valence-corrected chi connectivity index (χ2v) is 9.31. The van der Waals surface area contributed by atoms with Crippen LogP contribution in [0.15, 0.2) is 47.4 Å². The van der Waals surface area contributed by atoms with Crippen LogP contribution in [-0.4, -0.2) is 51.6 Å². The highest BCUT2D eigenvalue weighted by molar-refractivity contribution is 7.92. The number of carbonyl (C=O) groups excluding carboxylic acids is 1. The van der Waals surface area contributed by atoms with E-state index in [1.165, 1.54) is 12.1 Å². The third-order valence-corrected chi connectivity index (χ3v) is 6.36. The summed E-state index contributed by atoms with van der Waals surface area (Å²) < 4.78 is 38.8. The van der Waals surface area contributed by atoms with Crippen LogP contribution in [0, 0.1) is 6.92 Å². The number of anilines is 1. The number of hydrogen-bond donors (Lipinski definition) is 1. The Labute approximate surface area is 171 Å². The predicted molar refractivity (Wildman–Crippen MR) is 111 cm³/mol. The van der Waals surface area contributed by atoms with E-state index < -0.39 is 15.6 Å². The molecule has 2 aromatic rings. The summed E-state index contributed by atoms with van der Waals surface area (Å²) in [6.45, 7) is 7.04. The molecule has 0 bridgehead atoms. The molecule has 7 nitrogen and oxygen atoms in total. The Hall–Kier alpha value is -2.58. The molecule has 156 valence electrons. The topological polar surface area (TPSA) is 84.9 Å². The van der Waals surface area contributed by atoms with E-state index in [-0.39, 0.29) is 10.8 Å². The van der Waals surface area contributed by atoms with Gasteiger partial charge in [0, 0.05) is 17.8 Å². The van der Waals surface area contributed by atoms with E-state index in [9.17, 15) is 13.2 Å². The summed E-state index contributed by atoms with van der Waals surface area (Å²) in [5.41, 5.74) is 1.05. The molecule has 1 aliphatic heterocycles. The van der Waals surface area contributed by atoms with Crippen LogP contribution in [0.3, 0.4) is 0 Å². The minimum absolute atomic E-state index is 0.0355. The number of benzene rings is 2. The lowest BCUT2D eigenvalue weighted by Crippen LogP contribution is -2.55. The molecule has 0 unspecified atom stereocenters. The van der Waals surface area contributed by atoms with Crippen LogP contribution in [0.1, 0.15) is 29.8 Å². The SMILES string of the molecule is COc1ccc(NS(=O)(=O)c2ccc(C)c(C(=O)N3CCOCC3(C)C)c2)cc1. The molecule has 0 radical (unpaired) electrons. The summed E-state index contributed by atoms with van der Waals surface area (Å²) in [6.07, 6.45) is 0. The lowest BCUT2D eigenvalue weighted by molar-refractivity contribution is -0.0371. The summed E-state index contributed by atoms with van der Waals surface area (Å²) in [4.78, 5) is 15.0. The van der Waals surface area contributed by atoms with Gasteiger partial charge in [-0.3, -0.25) is 9.52 Å². The highest BCUT2D eigenvalue weighted by Gasteiger charge is 2.35. The van der Waals surface area contributed by atoms with E-state index in [1.807, 2.05) is 13.8 Å². The first-order valence-corrected chi connectivity index (χ1v) is 10.8. The zero-order valence-electron chi connectivity index (χ0n) is 17.1. The highest BCUT2D eigenvalue weighted by Crippen LogP contribution is 2.26. The van der Waals surface area contributed by atoms with Crippen molar-refractivity contribution in [2.75, 3.05) is 31.6 Å². The number of aryl methyl sites for hydroxylation is 1. The highest BCUT2D eigenvalue weighted by atomic mass is 32.2. The van der Waals surface area contributed by atoms with Gasteiger partial charge in [-0.1, -0.05) is 6.07 Å². The van der Waals surface area contributed by atoms with Crippen molar-refractivity contribution in [2.24, 2.45) is 0 Å². The van der Waals surface area contributed by atoms with Gasteiger partial charge < -0.3 is 14.4 Å². The van der Waals surface area contributed by atoms with Crippen molar-refractivity contribution in [1.82, 2.24) is 4.90 Å². The lowest BCUT2D eigenvalue weighted by atomic mass is 9.99. The minimum Gasteiger partial charge on any atom is -0.497 e. The number of ether oxygens (including phenoxy) is 2. The Bertz CT molecular complexity index is 1000. The Balaban J connectivity index is 1.90. The Morgan fingerprint density at radius 3 is 2.48 bits per heavy atom. The average Bonchev–Trinajstić information content (AvgIpc) is 2.67. The van der Waals surface area contributed by atoms with Crippen molar-refractivity contribution in [1.29, 1.82) is 0 Å². The summed E-state index contributed by atoms with van der Waals surface area (Å²) in [6, 6.07) is 11.2. The number of carbonyl (C=O) groups is 1. The maximum atomic E-state index is 13.2. The first-order chi connectivity index (χ1) is 13.6. The van der Waals surface area contributed by atoms with Crippen molar-refractivity contribution in [3.8, 4) is 5.75 Å². The maximum Gasteiger partial charge on any atom is 0.261 e. The fourth-order valence-corrected chi connectivity index (χ4v) is 4.34. The van der Waals surface area contributed by atoms with Gasteiger partial charge in [0.25, 0.3) is 15.9 Å². The second kappa shape index (κ2) is 8.04. The smallest absolute Gasteiger partial charge is 0.261 e. The van der Waals surface area contributed by atoms with Gasteiger partial charge in [-0.25, -0.2) is 8.42 Å². The Morgan fingerprint density at radius 1 is 1.17 bits per heavy atom. The van der Waals surface area contributed by atoms with Crippen LogP contribution in [0.25, 0.3) is 0 Å². The molecular weight excluding hydrogens is 392 g/mol. The largest absolute Gasteiger partial charge is 0.497 e. The zero-order chi connectivity index (χ0) is 21.2. The van der Waals surface area contributed by atoms with E-state index in [2.05, 4.69) is 4.72 Å². The van der Waals surface area contributed by atoms with Gasteiger partial charge in [-0.2, -0.15) is 0 Å². The molecule has 2 aromatic carbocycles. The van der Waals surface area contributed by atoms with Crippen molar-refractivity contribution < 1.29 is 22.7 Å². The average molecular weight is 419 g/mol. The third kappa shape index (κ3) is 4.54. The predicted octanol–water partition coefficient (Wildman–Crippen LogP) is 3.06. The molecule has 0 aromatic heterocycles. The number of nitrogens with zero attached hydrogens (tertiary/aromatic N) is 1. The minimum atomic E-state index is -3.85. The molecule has 1 N–H and O–H groups in total. The summed E-state index contributed by atoms with van der Waals surface area (Å²) in [5, 5.41) is 0. The lowest BCUT2D eigenvalue weighted by Gasteiger charge is -2.42. The third-order valence-electron chi connectivity index (χ3n) is 4.98. The Morgan fingerprint density at radius 2 is 1.86 bits per heavy atom. The number of hydrogen-bond acceptors (Lipinski definition) is 5. The van der Waals surface area contributed by atoms with Gasteiger partial charge in [-0.15, -0.1) is 0 Å². The van der Waals surface area contributed by atoms with E-state index in [0.717, 1.165) is 5.56 Å². The number of nitrogens with one attached hydrogen (secondary N) is 1. The molecule has 1 fully saturated rings. The van der Waals surface area contributed by atoms with Gasteiger partial charge in [0.05, 0.1) is 30.8 Å². The first kappa shape index (κ1) is 21.1. The summed E-state index contributed by atoms with van der Waals surface area (Å²) in [7, 11) is -2.31. The summed E-state index contributed by atoms with van der Waals surface area (Å²) in [5.74, 6) is 0.432. The van der Waals surface area contributed by atoms with Crippen molar-refractivity contribution in [2.45, 2.75) is 31.2 Å². The quantitative estimate of drug-likeness (QED) is 0.807. The van der Waals surface area contributed by atoms with Crippen molar-refractivity contribution in [3.63, 3.8) is 0 Å². The fraction of sp³-hybridized carbons (Fsp3) is 0.381. The molecule has 0 aliphatic carbocycles. The van der Waals surface area contributed by atoms with E-state index >= 15 is 0 Å². The van der Waals surface area contributed by atoms with Crippen LogP contribution in [0.5, 0.6) is 5.75 Å². The van der Waals surface area contributed by atoms with E-state index in [1.54, 1.807) is 49.3 Å². The molecule has 1 aliphatic rings. The maximum absolute atomic E-state index is 13.2. The molecule has 0 atom stereocenters.